The Morgan fingerprint density at radius 1 is 1.04 bits per heavy atom. The van der Waals surface area contributed by atoms with Crippen LogP contribution in [0.2, 0.25) is 5.02 Å². The zero-order chi connectivity index (χ0) is 18.5. The third-order valence-corrected chi connectivity index (χ3v) is 4.93. The molecule has 5 nitrogen and oxygen atoms in total. The van der Waals surface area contributed by atoms with Crippen molar-refractivity contribution in [3.8, 4) is 22.9 Å². The Bertz CT molecular complexity index is 933. The van der Waals surface area contributed by atoms with E-state index in [1.165, 1.54) is 31.3 Å². The molecular formula is C21H21ClN4O. The van der Waals surface area contributed by atoms with Crippen LogP contribution < -0.4 is 5.32 Å². The maximum Gasteiger partial charge on any atom is 0.251 e. The minimum atomic E-state index is 0.451. The van der Waals surface area contributed by atoms with Crippen LogP contribution in [0.15, 0.2) is 58.7 Å². The average Bonchev–Trinajstić information content (AvgIpc) is 3.20. The van der Waals surface area contributed by atoms with Gasteiger partial charge in [-0.2, -0.15) is 0 Å². The minimum Gasteiger partial charge on any atom is -0.416 e. The Kier molecular flexibility index (Phi) is 5.49. The van der Waals surface area contributed by atoms with Gasteiger partial charge in [-0.15, -0.1) is 10.2 Å². The first kappa shape index (κ1) is 17.7. The van der Waals surface area contributed by atoms with Crippen molar-refractivity contribution < 1.29 is 4.42 Å². The van der Waals surface area contributed by atoms with E-state index in [2.05, 4.69) is 26.6 Å². The lowest BCUT2D eigenvalue weighted by molar-refractivity contribution is 0.584. The molecule has 0 saturated heterocycles. The number of allylic oxidation sites excluding steroid dienone is 1. The number of rotatable bonds is 6. The fraction of sp³-hybridized carbons (Fsp3) is 0.286. The fourth-order valence-corrected chi connectivity index (χ4v) is 3.36. The molecule has 0 aliphatic heterocycles. The first-order chi connectivity index (χ1) is 13.3. The van der Waals surface area contributed by atoms with Crippen molar-refractivity contribution in [2.75, 3.05) is 11.9 Å². The Morgan fingerprint density at radius 2 is 1.89 bits per heavy atom. The van der Waals surface area contributed by atoms with E-state index in [1.54, 1.807) is 18.3 Å². The van der Waals surface area contributed by atoms with Gasteiger partial charge in [0.15, 0.2) is 0 Å². The van der Waals surface area contributed by atoms with E-state index >= 15 is 0 Å². The molecule has 0 spiro atoms. The summed E-state index contributed by atoms with van der Waals surface area (Å²) in [6.45, 7) is 0.841. The quantitative estimate of drug-likeness (QED) is 0.551. The van der Waals surface area contributed by atoms with Crippen molar-refractivity contribution in [3.63, 3.8) is 0 Å². The summed E-state index contributed by atoms with van der Waals surface area (Å²) in [7, 11) is 0. The molecule has 0 radical (unpaired) electrons. The lowest BCUT2D eigenvalue weighted by atomic mass is 9.97. The second-order valence-corrected chi connectivity index (χ2v) is 7.04. The summed E-state index contributed by atoms with van der Waals surface area (Å²) in [5.41, 5.74) is 3.18. The average molecular weight is 381 g/mol. The molecule has 0 fully saturated rings. The van der Waals surface area contributed by atoms with Crippen LogP contribution in [-0.2, 0) is 0 Å². The highest BCUT2D eigenvalue weighted by molar-refractivity contribution is 6.30. The summed E-state index contributed by atoms with van der Waals surface area (Å²) < 4.78 is 5.88. The predicted molar refractivity (Wildman–Crippen MR) is 108 cm³/mol. The number of nitrogens with zero attached hydrogens (tertiary/aromatic N) is 3. The van der Waals surface area contributed by atoms with E-state index in [1.807, 2.05) is 24.3 Å². The molecule has 6 heteroatoms. The fourth-order valence-electron chi connectivity index (χ4n) is 3.23. The molecule has 27 heavy (non-hydrogen) atoms. The molecule has 1 aliphatic rings. The van der Waals surface area contributed by atoms with Gasteiger partial charge in [-0.25, -0.2) is 4.98 Å². The second kappa shape index (κ2) is 8.35. The normalized spacial score (nSPS) is 14.0. The minimum absolute atomic E-state index is 0.451. The highest BCUT2D eigenvalue weighted by Crippen LogP contribution is 2.29. The van der Waals surface area contributed by atoms with Crippen LogP contribution in [0.4, 0.5) is 5.82 Å². The number of aromatic nitrogens is 3. The molecule has 138 valence electrons. The lowest BCUT2D eigenvalue weighted by Gasteiger charge is -2.13. The second-order valence-electron chi connectivity index (χ2n) is 6.60. The van der Waals surface area contributed by atoms with E-state index in [0.717, 1.165) is 29.9 Å². The van der Waals surface area contributed by atoms with Crippen molar-refractivity contribution in [1.82, 2.24) is 15.2 Å². The zero-order valence-electron chi connectivity index (χ0n) is 15.0. The standard InChI is InChI=1S/C21H21ClN4O/c22-17-10-8-16(9-11-17)20-25-26-21(27-20)18-7-4-13-23-19(18)24-14-12-15-5-2-1-3-6-15/h4-5,7-11,13H,1-3,6,12,14H2,(H,23,24). The predicted octanol–water partition coefficient (Wildman–Crippen LogP) is 5.75. The van der Waals surface area contributed by atoms with E-state index in [0.29, 0.717) is 16.8 Å². The number of benzene rings is 1. The van der Waals surface area contributed by atoms with Gasteiger partial charge in [-0.1, -0.05) is 23.3 Å². The van der Waals surface area contributed by atoms with Crippen LogP contribution in [0.3, 0.4) is 0 Å². The Balaban J connectivity index is 1.49. The summed E-state index contributed by atoms with van der Waals surface area (Å²) in [6, 6.07) is 11.1. The highest BCUT2D eigenvalue weighted by Gasteiger charge is 2.15. The van der Waals surface area contributed by atoms with E-state index < -0.39 is 0 Å². The van der Waals surface area contributed by atoms with Crippen LogP contribution >= 0.6 is 11.6 Å². The summed E-state index contributed by atoms with van der Waals surface area (Å²) >= 11 is 5.94. The van der Waals surface area contributed by atoms with Gasteiger partial charge in [0, 0.05) is 23.3 Å². The molecule has 1 aliphatic carbocycles. The van der Waals surface area contributed by atoms with Crippen LogP contribution in [0.1, 0.15) is 32.1 Å². The van der Waals surface area contributed by atoms with Crippen molar-refractivity contribution in [1.29, 1.82) is 0 Å². The maximum atomic E-state index is 5.94. The van der Waals surface area contributed by atoms with E-state index in [-0.39, 0.29) is 0 Å². The van der Waals surface area contributed by atoms with Gasteiger partial charge in [-0.05, 0) is 68.5 Å². The molecule has 2 heterocycles. The van der Waals surface area contributed by atoms with Gasteiger partial charge in [0.25, 0.3) is 5.89 Å². The van der Waals surface area contributed by atoms with Crippen LogP contribution in [0.25, 0.3) is 22.9 Å². The zero-order valence-corrected chi connectivity index (χ0v) is 15.7. The number of anilines is 1. The van der Waals surface area contributed by atoms with Gasteiger partial charge in [0.05, 0.1) is 5.56 Å². The Hall–Kier alpha value is -2.66. The number of hydrogen-bond acceptors (Lipinski definition) is 5. The van der Waals surface area contributed by atoms with Crippen molar-refractivity contribution in [2.45, 2.75) is 32.1 Å². The topological polar surface area (TPSA) is 63.8 Å². The number of nitrogens with one attached hydrogen (secondary N) is 1. The Morgan fingerprint density at radius 3 is 2.70 bits per heavy atom. The molecule has 4 rings (SSSR count). The monoisotopic (exact) mass is 380 g/mol. The molecule has 1 N–H and O–H groups in total. The molecule has 0 amide bonds. The summed E-state index contributed by atoms with van der Waals surface area (Å²) in [5, 5.41) is 12.5. The van der Waals surface area contributed by atoms with E-state index in [4.69, 9.17) is 16.0 Å². The first-order valence-corrected chi connectivity index (χ1v) is 9.64. The first-order valence-electron chi connectivity index (χ1n) is 9.26. The highest BCUT2D eigenvalue weighted by atomic mass is 35.5. The van der Waals surface area contributed by atoms with Crippen molar-refractivity contribution in [3.05, 3.63) is 59.3 Å². The summed E-state index contributed by atoms with van der Waals surface area (Å²) in [5.74, 6) is 1.68. The molecule has 0 unspecified atom stereocenters. The number of pyridine rings is 1. The summed E-state index contributed by atoms with van der Waals surface area (Å²) in [4.78, 5) is 4.46. The molecule has 0 bridgehead atoms. The van der Waals surface area contributed by atoms with Gasteiger partial charge in [-0.3, -0.25) is 0 Å². The number of hydrogen-bond donors (Lipinski definition) is 1. The maximum absolute atomic E-state index is 5.94. The Labute approximate surface area is 163 Å². The number of halogens is 1. The lowest BCUT2D eigenvalue weighted by Crippen LogP contribution is -2.06. The molecule has 3 aromatic rings. The van der Waals surface area contributed by atoms with Crippen LogP contribution in [0, 0.1) is 0 Å². The van der Waals surface area contributed by atoms with E-state index in [9.17, 15) is 0 Å². The van der Waals surface area contributed by atoms with Gasteiger partial charge >= 0.3 is 0 Å². The van der Waals surface area contributed by atoms with Crippen molar-refractivity contribution >= 4 is 17.4 Å². The molecule has 2 aromatic heterocycles. The molecule has 1 aromatic carbocycles. The van der Waals surface area contributed by atoms with Gasteiger partial charge < -0.3 is 9.73 Å². The SMILES string of the molecule is Clc1ccc(-c2nnc(-c3cccnc3NCCC3=CCCCC3)o2)cc1. The smallest absolute Gasteiger partial charge is 0.251 e. The molecular weight excluding hydrogens is 360 g/mol. The third kappa shape index (κ3) is 4.37. The van der Waals surface area contributed by atoms with Crippen LogP contribution in [-0.4, -0.2) is 21.7 Å². The van der Waals surface area contributed by atoms with Crippen molar-refractivity contribution in [2.24, 2.45) is 0 Å². The largest absolute Gasteiger partial charge is 0.416 e. The van der Waals surface area contributed by atoms with Gasteiger partial charge in [0.1, 0.15) is 5.82 Å². The van der Waals surface area contributed by atoms with Gasteiger partial charge in [0.2, 0.25) is 5.89 Å². The molecule has 0 saturated carbocycles. The van der Waals surface area contributed by atoms with Crippen LogP contribution in [0.5, 0.6) is 0 Å². The molecule has 0 atom stereocenters. The third-order valence-electron chi connectivity index (χ3n) is 4.68. The summed E-state index contributed by atoms with van der Waals surface area (Å²) in [6.07, 6.45) is 10.2.